The van der Waals surface area contributed by atoms with E-state index in [1.807, 2.05) is 0 Å². The maximum absolute atomic E-state index is 12.7. The molecule has 0 bridgehead atoms. The number of carboxylic acid groups (broad SMARTS) is 1. The number of rotatable bonds is 18. The second-order valence-electron chi connectivity index (χ2n) is 7.77. The smallest absolute Gasteiger partial charge is 0.326 e. The Morgan fingerprint density at radius 3 is 1.67 bits per heavy atom. The lowest BCUT2D eigenvalue weighted by atomic mass is 10.1. The number of aliphatic hydroxyl groups is 1. The van der Waals surface area contributed by atoms with Crippen LogP contribution in [0.1, 0.15) is 38.5 Å². The van der Waals surface area contributed by atoms with Crippen LogP contribution in [-0.4, -0.2) is 89.0 Å². The Morgan fingerprint density at radius 1 is 0.722 bits per heavy atom. The van der Waals surface area contributed by atoms with E-state index in [1.165, 1.54) is 0 Å². The molecule has 36 heavy (non-hydrogen) atoms. The first-order valence-electron chi connectivity index (χ1n) is 10.9. The fourth-order valence-corrected chi connectivity index (χ4v) is 2.77. The molecule has 0 radical (unpaired) electrons. The SMILES string of the molecule is NC(=O)CCC(NC(=O)C(CO)NC(=O)C(CCC(N)=O)NC(=O)C(N)CCCN=C(N)N)C(=O)O. The average Bonchev–Trinajstić information content (AvgIpc) is 2.79. The van der Waals surface area contributed by atoms with Crippen molar-refractivity contribution < 1.29 is 39.0 Å². The highest BCUT2D eigenvalue weighted by atomic mass is 16.4. The van der Waals surface area contributed by atoms with Crippen molar-refractivity contribution in [2.75, 3.05) is 13.2 Å². The number of amides is 5. The Kier molecular flexibility index (Phi) is 14.8. The molecule has 204 valence electrons. The van der Waals surface area contributed by atoms with Gasteiger partial charge in [0.25, 0.3) is 0 Å². The number of hydrogen-bond donors (Lipinski definition) is 10. The number of nitrogens with zero attached hydrogens (tertiary/aromatic N) is 1. The van der Waals surface area contributed by atoms with Crippen LogP contribution in [0.15, 0.2) is 4.99 Å². The highest BCUT2D eigenvalue weighted by Crippen LogP contribution is 2.03. The van der Waals surface area contributed by atoms with Gasteiger partial charge in [0, 0.05) is 19.4 Å². The van der Waals surface area contributed by atoms with Crippen molar-refractivity contribution in [1.82, 2.24) is 16.0 Å². The summed E-state index contributed by atoms with van der Waals surface area (Å²) in [6.07, 6.45) is -0.679. The normalized spacial score (nSPS) is 13.8. The van der Waals surface area contributed by atoms with Gasteiger partial charge < -0.3 is 54.8 Å². The summed E-state index contributed by atoms with van der Waals surface area (Å²) in [6.45, 7) is -0.709. The van der Waals surface area contributed by atoms with Gasteiger partial charge in [-0.1, -0.05) is 0 Å². The van der Waals surface area contributed by atoms with Crippen molar-refractivity contribution in [3.05, 3.63) is 0 Å². The monoisotopic (exact) mass is 517 g/mol. The third kappa shape index (κ3) is 13.7. The maximum atomic E-state index is 12.7. The Labute approximate surface area is 206 Å². The second-order valence-corrected chi connectivity index (χ2v) is 7.77. The highest BCUT2D eigenvalue weighted by Gasteiger charge is 2.30. The van der Waals surface area contributed by atoms with Crippen LogP contribution in [0.5, 0.6) is 0 Å². The van der Waals surface area contributed by atoms with Crippen LogP contribution in [0.25, 0.3) is 0 Å². The molecule has 0 fully saturated rings. The molecule has 0 saturated carbocycles. The van der Waals surface area contributed by atoms with Gasteiger partial charge in [-0.15, -0.1) is 0 Å². The molecule has 15 N–H and O–H groups in total. The molecule has 0 aromatic rings. The first kappa shape index (κ1) is 32.0. The fraction of sp³-hybridized carbons (Fsp3) is 0.632. The number of hydrogen-bond acceptors (Lipinski definition) is 9. The van der Waals surface area contributed by atoms with E-state index in [2.05, 4.69) is 20.9 Å². The number of carbonyl (C=O) groups excluding carboxylic acids is 5. The van der Waals surface area contributed by atoms with Crippen molar-refractivity contribution in [2.45, 2.75) is 62.7 Å². The summed E-state index contributed by atoms with van der Waals surface area (Å²) in [5.41, 5.74) is 26.3. The van der Waals surface area contributed by atoms with Crippen LogP contribution in [0, 0.1) is 0 Å². The third-order valence-corrected chi connectivity index (χ3v) is 4.73. The second kappa shape index (κ2) is 16.6. The number of aliphatic imine (C=N–C) groups is 1. The highest BCUT2D eigenvalue weighted by molar-refractivity contribution is 5.94. The van der Waals surface area contributed by atoms with Crippen LogP contribution in [0.3, 0.4) is 0 Å². The van der Waals surface area contributed by atoms with Gasteiger partial charge in [-0.05, 0) is 25.7 Å². The van der Waals surface area contributed by atoms with Crippen LogP contribution in [0.4, 0.5) is 0 Å². The zero-order chi connectivity index (χ0) is 27.8. The fourth-order valence-electron chi connectivity index (χ4n) is 2.77. The lowest BCUT2D eigenvalue weighted by Crippen LogP contribution is -2.58. The van der Waals surface area contributed by atoms with Gasteiger partial charge >= 0.3 is 5.97 Å². The molecule has 4 unspecified atom stereocenters. The molecule has 0 aliphatic carbocycles. The minimum absolute atomic E-state index is 0.124. The molecule has 4 atom stereocenters. The molecule has 0 aromatic heterocycles. The number of nitrogens with two attached hydrogens (primary N) is 5. The lowest BCUT2D eigenvalue weighted by molar-refractivity contribution is -0.143. The van der Waals surface area contributed by atoms with Crippen LogP contribution in [-0.2, 0) is 28.8 Å². The van der Waals surface area contributed by atoms with Gasteiger partial charge in [-0.25, -0.2) is 4.79 Å². The van der Waals surface area contributed by atoms with Crippen molar-refractivity contribution in [3.63, 3.8) is 0 Å². The van der Waals surface area contributed by atoms with Gasteiger partial charge in [0.1, 0.15) is 18.1 Å². The summed E-state index contributed by atoms with van der Waals surface area (Å²) < 4.78 is 0. The zero-order valence-corrected chi connectivity index (χ0v) is 19.6. The van der Waals surface area contributed by atoms with Gasteiger partial charge in [0.05, 0.1) is 12.6 Å². The average molecular weight is 518 g/mol. The topological polar surface area (TPSA) is 321 Å². The van der Waals surface area contributed by atoms with E-state index >= 15 is 0 Å². The predicted molar refractivity (Wildman–Crippen MR) is 125 cm³/mol. The van der Waals surface area contributed by atoms with Gasteiger partial charge in [-0.2, -0.15) is 0 Å². The Bertz CT molecular complexity index is 832. The molecular weight excluding hydrogens is 482 g/mol. The summed E-state index contributed by atoms with van der Waals surface area (Å²) in [4.78, 5) is 74.7. The number of aliphatic carboxylic acids is 1. The molecule has 0 aliphatic rings. The Balaban J connectivity index is 5.25. The molecule has 0 rings (SSSR count). The summed E-state index contributed by atoms with van der Waals surface area (Å²) in [5, 5.41) is 25.3. The van der Waals surface area contributed by atoms with Crippen LogP contribution >= 0.6 is 0 Å². The van der Waals surface area contributed by atoms with E-state index in [0.29, 0.717) is 6.42 Å². The summed E-state index contributed by atoms with van der Waals surface area (Å²) in [7, 11) is 0. The Morgan fingerprint density at radius 2 is 1.19 bits per heavy atom. The number of aliphatic hydroxyl groups excluding tert-OH is 1. The summed E-state index contributed by atoms with van der Waals surface area (Å²) >= 11 is 0. The number of carboxylic acids is 1. The molecule has 17 nitrogen and oxygen atoms in total. The standard InChI is InChI=1S/C19H35N9O8/c20-9(2-1-7-25-19(23)24)15(32)26-10(3-5-13(21)30)16(33)28-12(8-29)17(34)27-11(18(35)36)4-6-14(22)31/h9-12,29H,1-8,20H2,(H2,21,30)(H2,22,31)(H,26,32)(H,27,34)(H,28,33)(H,35,36)(H4,23,24,25). The van der Waals surface area contributed by atoms with Gasteiger partial charge in [0.2, 0.25) is 29.5 Å². The maximum Gasteiger partial charge on any atom is 0.326 e. The molecule has 5 amide bonds. The number of guanidine groups is 1. The van der Waals surface area contributed by atoms with Gasteiger partial charge in [0.15, 0.2) is 5.96 Å². The molecule has 17 heteroatoms. The van der Waals surface area contributed by atoms with E-state index in [0.717, 1.165) is 0 Å². The van der Waals surface area contributed by atoms with Crippen LogP contribution < -0.4 is 44.6 Å². The van der Waals surface area contributed by atoms with E-state index in [1.54, 1.807) is 0 Å². The van der Waals surface area contributed by atoms with E-state index in [4.69, 9.17) is 28.7 Å². The van der Waals surface area contributed by atoms with Crippen molar-refractivity contribution in [3.8, 4) is 0 Å². The lowest BCUT2D eigenvalue weighted by Gasteiger charge is -2.24. The summed E-state index contributed by atoms with van der Waals surface area (Å²) in [6, 6.07) is -5.55. The van der Waals surface area contributed by atoms with E-state index < -0.39 is 66.3 Å². The minimum Gasteiger partial charge on any atom is -0.480 e. The molecular formula is C19H35N9O8. The van der Waals surface area contributed by atoms with Crippen LogP contribution in [0.2, 0.25) is 0 Å². The van der Waals surface area contributed by atoms with E-state index in [9.17, 15) is 39.0 Å². The first-order valence-corrected chi connectivity index (χ1v) is 10.9. The van der Waals surface area contributed by atoms with Gasteiger partial charge in [-0.3, -0.25) is 29.0 Å². The van der Waals surface area contributed by atoms with Crippen molar-refractivity contribution >= 4 is 41.5 Å². The zero-order valence-electron chi connectivity index (χ0n) is 19.6. The number of carbonyl (C=O) groups is 6. The van der Waals surface area contributed by atoms with Crippen molar-refractivity contribution in [2.24, 2.45) is 33.7 Å². The van der Waals surface area contributed by atoms with E-state index in [-0.39, 0.29) is 44.6 Å². The molecule has 0 heterocycles. The third-order valence-electron chi connectivity index (χ3n) is 4.73. The summed E-state index contributed by atoms with van der Waals surface area (Å²) in [5.74, 6) is -5.92. The molecule has 0 aromatic carbocycles. The molecule has 0 saturated heterocycles. The predicted octanol–water partition coefficient (Wildman–Crippen LogP) is -5.57. The first-order chi connectivity index (χ1) is 16.8. The van der Waals surface area contributed by atoms with Crippen molar-refractivity contribution in [1.29, 1.82) is 0 Å². The Hall–Kier alpha value is -3.99. The number of primary amides is 2. The molecule has 0 aliphatic heterocycles. The minimum atomic E-state index is -1.62. The number of nitrogens with one attached hydrogen (secondary N) is 3. The largest absolute Gasteiger partial charge is 0.480 e. The quantitative estimate of drug-likeness (QED) is 0.0464. The molecule has 0 spiro atoms.